The van der Waals surface area contributed by atoms with Crippen LogP contribution in [0.3, 0.4) is 0 Å². The third kappa shape index (κ3) is 2.01. The lowest BCUT2D eigenvalue weighted by Gasteiger charge is -2.46. The van der Waals surface area contributed by atoms with Gasteiger partial charge in [0, 0.05) is 32.1 Å². The van der Waals surface area contributed by atoms with Gasteiger partial charge in [-0.05, 0) is 0 Å². The van der Waals surface area contributed by atoms with Gasteiger partial charge in [0.1, 0.15) is 5.54 Å². The van der Waals surface area contributed by atoms with Gasteiger partial charge in [0.2, 0.25) is 0 Å². The lowest BCUT2D eigenvalue weighted by Crippen LogP contribution is -2.66. The molecule has 5 nitrogen and oxygen atoms in total. The summed E-state index contributed by atoms with van der Waals surface area (Å²) in [6.07, 6.45) is 7.93. The summed E-state index contributed by atoms with van der Waals surface area (Å²) in [4.78, 5) is 14.4. The van der Waals surface area contributed by atoms with Gasteiger partial charge in [0.25, 0.3) is 5.91 Å². The van der Waals surface area contributed by atoms with Crippen molar-refractivity contribution in [2.75, 3.05) is 26.2 Å². The molecule has 4 N–H and O–H groups in total. The Hall–Kier alpha value is -1.17. The SMILES string of the molecule is CC1C=CC=CC1(C(=O)NN)N1CCNCC1. The van der Waals surface area contributed by atoms with Crippen molar-refractivity contribution in [3.63, 3.8) is 0 Å². The normalized spacial score (nSPS) is 33.6. The number of nitrogens with one attached hydrogen (secondary N) is 2. The molecule has 17 heavy (non-hydrogen) atoms. The summed E-state index contributed by atoms with van der Waals surface area (Å²) in [7, 11) is 0. The van der Waals surface area contributed by atoms with E-state index < -0.39 is 5.54 Å². The highest BCUT2D eigenvalue weighted by Gasteiger charge is 2.46. The molecule has 0 aromatic carbocycles. The van der Waals surface area contributed by atoms with Gasteiger partial charge in [-0.1, -0.05) is 31.2 Å². The van der Waals surface area contributed by atoms with E-state index in [0.29, 0.717) is 0 Å². The van der Waals surface area contributed by atoms with Gasteiger partial charge < -0.3 is 5.32 Å². The molecule has 1 amide bonds. The van der Waals surface area contributed by atoms with Crippen LogP contribution < -0.4 is 16.6 Å². The van der Waals surface area contributed by atoms with Crippen LogP contribution in [-0.2, 0) is 4.79 Å². The molecule has 0 spiro atoms. The highest BCUT2D eigenvalue weighted by Crippen LogP contribution is 2.31. The topological polar surface area (TPSA) is 70.4 Å². The Morgan fingerprint density at radius 3 is 2.76 bits per heavy atom. The van der Waals surface area contributed by atoms with Gasteiger partial charge in [0.05, 0.1) is 0 Å². The van der Waals surface area contributed by atoms with Crippen molar-refractivity contribution < 1.29 is 4.79 Å². The minimum atomic E-state index is -0.633. The fraction of sp³-hybridized carbons (Fsp3) is 0.583. The molecular formula is C12H20N4O. The Balaban J connectivity index is 2.32. The van der Waals surface area contributed by atoms with Gasteiger partial charge in [-0.15, -0.1) is 0 Å². The maximum absolute atomic E-state index is 12.2. The van der Waals surface area contributed by atoms with E-state index in [1.807, 2.05) is 18.2 Å². The third-order valence-corrected chi connectivity index (χ3v) is 3.69. The molecule has 2 atom stereocenters. The summed E-state index contributed by atoms with van der Waals surface area (Å²) < 4.78 is 0. The van der Waals surface area contributed by atoms with Crippen molar-refractivity contribution in [3.05, 3.63) is 24.3 Å². The average Bonchev–Trinajstić information content (AvgIpc) is 2.39. The second-order valence-corrected chi connectivity index (χ2v) is 4.57. The quantitative estimate of drug-likeness (QED) is 0.339. The van der Waals surface area contributed by atoms with Gasteiger partial charge in [-0.25, -0.2) is 5.84 Å². The van der Waals surface area contributed by atoms with Crippen molar-refractivity contribution in [3.8, 4) is 0 Å². The maximum atomic E-state index is 12.2. The number of allylic oxidation sites excluding steroid dienone is 2. The fourth-order valence-electron chi connectivity index (χ4n) is 2.70. The molecule has 0 saturated carbocycles. The highest BCUT2D eigenvalue weighted by molar-refractivity contribution is 5.89. The Bertz CT molecular complexity index is 346. The number of carbonyl (C=O) groups excluding carboxylic acids is 1. The zero-order chi connectivity index (χ0) is 12.3. The van der Waals surface area contributed by atoms with Crippen molar-refractivity contribution in [1.82, 2.24) is 15.6 Å². The van der Waals surface area contributed by atoms with Crippen molar-refractivity contribution in [1.29, 1.82) is 0 Å². The molecule has 1 aliphatic heterocycles. The second kappa shape index (κ2) is 5.00. The Morgan fingerprint density at radius 2 is 2.18 bits per heavy atom. The summed E-state index contributed by atoms with van der Waals surface area (Å²) in [5, 5.41) is 3.30. The Labute approximate surface area is 102 Å². The van der Waals surface area contributed by atoms with E-state index >= 15 is 0 Å². The fourth-order valence-corrected chi connectivity index (χ4v) is 2.70. The van der Waals surface area contributed by atoms with Crippen molar-refractivity contribution in [2.45, 2.75) is 12.5 Å². The van der Waals surface area contributed by atoms with Gasteiger partial charge in [-0.2, -0.15) is 0 Å². The molecule has 1 aliphatic carbocycles. The molecule has 1 fully saturated rings. The predicted molar refractivity (Wildman–Crippen MR) is 66.9 cm³/mol. The minimum absolute atomic E-state index is 0.120. The van der Waals surface area contributed by atoms with Crippen LogP contribution in [0.5, 0.6) is 0 Å². The molecule has 94 valence electrons. The second-order valence-electron chi connectivity index (χ2n) is 4.57. The lowest BCUT2D eigenvalue weighted by molar-refractivity contribution is -0.133. The molecule has 0 aromatic heterocycles. The smallest absolute Gasteiger partial charge is 0.258 e. The van der Waals surface area contributed by atoms with E-state index in [1.54, 1.807) is 0 Å². The monoisotopic (exact) mass is 236 g/mol. The highest BCUT2D eigenvalue weighted by atomic mass is 16.2. The molecule has 0 bridgehead atoms. The number of hydrazine groups is 1. The number of amides is 1. The van der Waals surface area contributed by atoms with Crippen LogP contribution in [0.4, 0.5) is 0 Å². The number of nitrogens with zero attached hydrogens (tertiary/aromatic N) is 1. The number of carbonyl (C=O) groups is 1. The minimum Gasteiger partial charge on any atom is -0.314 e. The van der Waals surface area contributed by atoms with E-state index in [2.05, 4.69) is 28.6 Å². The van der Waals surface area contributed by atoms with Crippen LogP contribution in [0.15, 0.2) is 24.3 Å². The summed E-state index contributed by atoms with van der Waals surface area (Å²) in [5.74, 6) is 5.34. The van der Waals surface area contributed by atoms with E-state index in [-0.39, 0.29) is 11.8 Å². The standard InChI is InChI=1S/C12H20N4O/c1-10-4-2-3-5-12(10,11(17)15-13)16-8-6-14-7-9-16/h2-5,10,14H,6-9,13H2,1H3,(H,15,17). The Morgan fingerprint density at radius 1 is 1.47 bits per heavy atom. The first-order valence-electron chi connectivity index (χ1n) is 6.04. The number of hydrogen-bond donors (Lipinski definition) is 3. The third-order valence-electron chi connectivity index (χ3n) is 3.69. The number of hydrogen-bond acceptors (Lipinski definition) is 4. The number of rotatable bonds is 2. The first-order valence-corrected chi connectivity index (χ1v) is 6.04. The zero-order valence-electron chi connectivity index (χ0n) is 10.1. The average molecular weight is 236 g/mol. The van der Waals surface area contributed by atoms with E-state index in [1.165, 1.54) is 0 Å². The molecule has 2 aliphatic rings. The number of piperazine rings is 1. The summed E-state index contributed by atoms with van der Waals surface area (Å²) in [6, 6.07) is 0. The molecular weight excluding hydrogens is 216 g/mol. The molecule has 2 unspecified atom stereocenters. The molecule has 0 aromatic rings. The van der Waals surface area contributed by atoms with Crippen LogP contribution in [0.25, 0.3) is 0 Å². The van der Waals surface area contributed by atoms with E-state index in [0.717, 1.165) is 26.2 Å². The largest absolute Gasteiger partial charge is 0.314 e. The van der Waals surface area contributed by atoms with Gasteiger partial charge >= 0.3 is 0 Å². The molecule has 1 saturated heterocycles. The van der Waals surface area contributed by atoms with Crippen LogP contribution in [-0.4, -0.2) is 42.5 Å². The molecule has 2 rings (SSSR count). The first-order chi connectivity index (χ1) is 8.21. The van der Waals surface area contributed by atoms with Crippen molar-refractivity contribution in [2.24, 2.45) is 11.8 Å². The number of nitrogens with two attached hydrogens (primary N) is 1. The van der Waals surface area contributed by atoms with E-state index in [9.17, 15) is 4.79 Å². The molecule has 5 heteroatoms. The van der Waals surface area contributed by atoms with Gasteiger partial charge in [-0.3, -0.25) is 15.1 Å². The van der Waals surface area contributed by atoms with Crippen LogP contribution in [0, 0.1) is 5.92 Å². The summed E-state index contributed by atoms with van der Waals surface area (Å²) >= 11 is 0. The summed E-state index contributed by atoms with van der Waals surface area (Å²) in [5.41, 5.74) is 1.68. The molecule has 1 heterocycles. The van der Waals surface area contributed by atoms with Crippen LogP contribution in [0.2, 0.25) is 0 Å². The Kier molecular flexibility index (Phi) is 3.61. The maximum Gasteiger partial charge on any atom is 0.258 e. The van der Waals surface area contributed by atoms with Crippen LogP contribution >= 0.6 is 0 Å². The van der Waals surface area contributed by atoms with Gasteiger partial charge in [0.15, 0.2) is 0 Å². The molecule has 0 radical (unpaired) electrons. The predicted octanol–water partition coefficient (Wildman–Crippen LogP) is -0.618. The first kappa shape index (κ1) is 12.3. The summed E-state index contributed by atoms with van der Waals surface area (Å²) in [6.45, 7) is 5.58. The lowest BCUT2D eigenvalue weighted by atomic mass is 9.79. The van der Waals surface area contributed by atoms with Crippen LogP contribution in [0.1, 0.15) is 6.92 Å². The van der Waals surface area contributed by atoms with Crippen molar-refractivity contribution >= 4 is 5.91 Å². The van der Waals surface area contributed by atoms with E-state index in [4.69, 9.17) is 5.84 Å². The zero-order valence-corrected chi connectivity index (χ0v) is 10.1.